The second-order valence-corrected chi connectivity index (χ2v) is 3.68. The maximum absolute atomic E-state index is 9.15. The second-order valence-electron chi connectivity index (χ2n) is 3.37. The Bertz CT molecular complexity index is 276. The Morgan fingerprint density at radius 2 is 2.36 bits per heavy atom. The Morgan fingerprint density at radius 1 is 1.64 bits per heavy atom. The van der Waals surface area contributed by atoms with Crippen LogP contribution in [-0.2, 0) is 0 Å². The molecule has 1 atom stereocenters. The van der Waals surface area contributed by atoms with Gasteiger partial charge in [-0.05, 0) is 13.8 Å². The molecule has 0 aromatic carbocycles. The van der Waals surface area contributed by atoms with Gasteiger partial charge in [0.2, 0.25) is 0 Å². The molecule has 4 nitrogen and oxygen atoms in total. The lowest BCUT2D eigenvalue weighted by Crippen LogP contribution is -2.18. The van der Waals surface area contributed by atoms with Gasteiger partial charge < -0.3 is 9.84 Å². The average Bonchev–Trinajstić information content (AvgIpc) is 2.62. The zero-order chi connectivity index (χ0) is 10.6. The van der Waals surface area contributed by atoms with Gasteiger partial charge in [-0.15, -0.1) is 11.6 Å². The largest absolute Gasteiger partial charge is 0.488 e. The van der Waals surface area contributed by atoms with Gasteiger partial charge in [-0.3, -0.25) is 4.68 Å². The van der Waals surface area contributed by atoms with Crippen LogP contribution < -0.4 is 4.74 Å². The number of ether oxygens (including phenoxy) is 1. The molecule has 0 bridgehead atoms. The Balaban J connectivity index is 2.44. The zero-order valence-electron chi connectivity index (χ0n) is 8.35. The van der Waals surface area contributed by atoms with E-state index in [9.17, 15) is 0 Å². The molecule has 0 amide bonds. The van der Waals surface area contributed by atoms with Gasteiger partial charge in [-0.1, -0.05) is 0 Å². The number of aromatic nitrogens is 2. The lowest BCUT2D eigenvalue weighted by atomic mass is 10.4. The topological polar surface area (TPSA) is 47.3 Å². The summed E-state index contributed by atoms with van der Waals surface area (Å²) in [5.74, 6) is 0.834. The van der Waals surface area contributed by atoms with Gasteiger partial charge in [0.15, 0.2) is 5.75 Å². The van der Waals surface area contributed by atoms with Crippen molar-refractivity contribution in [2.24, 2.45) is 0 Å². The van der Waals surface area contributed by atoms with E-state index in [1.165, 1.54) is 0 Å². The number of aliphatic hydroxyl groups is 1. The lowest BCUT2D eigenvalue weighted by Gasteiger charge is -2.07. The molecule has 1 unspecified atom stereocenters. The number of hydrogen-bond acceptors (Lipinski definition) is 3. The minimum atomic E-state index is -0.626. The third-order valence-corrected chi connectivity index (χ3v) is 2.08. The summed E-state index contributed by atoms with van der Waals surface area (Å²) in [5, 5.41) is 13.2. The highest BCUT2D eigenvalue weighted by Gasteiger charge is 2.05. The quantitative estimate of drug-likeness (QED) is 0.761. The molecule has 1 aromatic heterocycles. The second kappa shape index (κ2) is 5.22. The molecule has 0 aliphatic carbocycles. The van der Waals surface area contributed by atoms with Crippen LogP contribution in [0.5, 0.6) is 5.75 Å². The Kier molecular flexibility index (Phi) is 4.22. The fourth-order valence-electron chi connectivity index (χ4n) is 0.915. The summed E-state index contributed by atoms with van der Waals surface area (Å²) in [6.45, 7) is 4.27. The van der Waals surface area contributed by atoms with Gasteiger partial charge in [-0.25, -0.2) is 0 Å². The number of rotatable bonds is 5. The van der Waals surface area contributed by atoms with Crippen LogP contribution in [0.3, 0.4) is 0 Å². The molecular formula is C9H15ClN2O2. The van der Waals surface area contributed by atoms with Crippen molar-refractivity contribution in [3.63, 3.8) is 0 Å². The Morgan fingerprint density at radius 3 is 2.86 bits per heavy atom. The highest BCUT2D eigenvalue weighted by atomic mass is 35.5. The first-order valence-corrected chi connectivity index (χ1v) is 5.08. The molecule has 1 aromatic rings. The zero-order valence-corrected chi connectivity index (χ0v) is 9.11. The van der Waals surface area contributed by atoms with Crippen LogP contribution in [0.4, 0.5) is 0 Å². The number of aliphatic hydroxyl groups excluding tert-OH is 1. The van der Waals surface area contributed by atoms with Crippen molar-refractivity contribution in [2.75, 3.05) is 12.5 Å². The Hall–Kier alpha value is -0.740. The number of hydrogen-bond donors (Lipinski definition) is 1. The van der Waals surface area contributed by atoms with Crippen LogP contribution in [0.2, 0.25) is 0 Å². The monoisotopic (exact) mass is 218 g/mol. The van der Waals surface area contributed by atoms with Gasteiger partial charge in [0.1, 0.15) is 12.7 Å². The molecule has 5 heteroatoms. The van der Waals surface area contributed by atoms with Crippen LogP contribution in [0.1, 0.15) is 19.9 Å². The summed E-state index contributed by atoms with van der Waals surface area (Å²) in [6.07, 6.45) is 2.80. The van der Waals surface area contributed by atoms with E-state index in [1.807, 2.05) is 13.8 Å². The minimum Gasteiger partial charge on any atom is -0.488 e. The predicted octanol–water partition coefficient (Wildman–Crippen LogP) is 1.44. The van der Waals surface area contributed by atoms with E-state index in [2.05, 4.69) is 5.10 Å². The third-order valence-electron chi connectivity index (χ3n) is 1.73. The van der Waals surface area contributed by atoms with Crippen LogP contribution in [-0.4, -0.2) is 33.5 Å². The third kappa shape index (κ3) is 3.20. The van der Waals surface area contributed by atoms with Gasteiger partial charge in [-0.2, -0.15) is 5.10 Å². The normalized spacial score (nSPS) is 13.2. The van der Waals surface area contributed by atoms with Crippen molar-refractivity contribution < 1.29 is 9.84 Å². The van der Waals surface area contributed by atoms with E-state index in [-0.39, 0.29) is 12.5 Å². The van der Waals surface area contributed by atoms with Crippen LogP contribution in [0.25, 0.3) is 0 Å². The SMILES string of the molecule is CC(C)n1cc(OCC(O)CCl)cn1. The van der Waals surface area contributed by atoms with E-state index in [1.54, 1.807) is 17.1 Å². The van der Waals surface area contributed by atoms with Crippen molar-refractivity contribution in [3.05, 3.63) is 12.4 Å². The molecule has 0 aliphatic rings. The van der Waals surface area contributed by atoms with Crippen LogP contribution in [0.15, 0.2) is 12.4 Å². The van der Waals surface area contributed by atoms with E-state index in [4.69, 9.17) is 21.4 Å². The molecule has 80 valence electrons. The molecule has 1 heterocycles. The Labute approximate surface area is 88.4 Å². The van der Waals surface area contributed by atoms with E-state index in [0.29, 0.717) is 11.8 Å². The molecule has 0 saturated heterocycles. The van der Waals surface area contributed by atoms with Gasteiger partial charge in [0, 0.05) is 6.04 Å². The summed E-state index contributed by atoms with van der Waals surface area (Å²) in [6, 6.07) is 0.310. The van der Waals surface area contributed by atoms with Crippen LogP contribution >= 0.6 is 11.6 Å². The smallest absolute Gasteiger partial charge is 0.157 e. The highest BCUT2D eigenvalue weighted by Crippen LogP contribution is 2.12. The van der Waals surface area contributed by atoms with Gasteiger partial charge in [0.25, 0.3) is 0 Å². The van der Waals surface area contributed by atoms with Crippen molar-refractivity contribution in [1.82, 2.24) is 9.78 Å². The maximum atomic E-state index is 9.15. The predicted molar refractivity (Wildman–Crippen MR) is 54.8 cm³/mol. The first-order chi connectivity index (χ1) is 6.63. The summed E-state index contributed by atoms with van der Waals surface area (Å²) in [4.78, 5) is 0. The molecular weight excluding hydrogens is 204 g/mol. The first kappa shape index (κ1) is 11.3. The number of nitrogens with zero attached hydrogens (tertiary/aromatic N) is 2. The summed E-state index contributed by atoms with van der Waals surface area (Å²) < 4.78 is 7.07. The standard InChI is InChI=1S/C9H15ClN2O2/c1-7(2)12-5-9(4-11-12)14-6-8(13)3-10/h4-5,7-8,13H,3,6H2,1-2H3. The van der Waals surface area contributed by atoms with Crippen molar-refractivity contribution >= 4 is 11.6 Å². The molecule has 0 saturated carbocycles. The molecule has 14 heavy (non-hydrogen) atoms. The molecule has 1 rings (SSSR count). The molecule has 0 radical (unpaired) electrons. The molecule has 0 fully saturated rings. The maximum Gasteiger partial charge on any atom is 0.157 e. The number of halogens is 1. The first-order valence-electron chi connectivity index (χ1n) is 4.54. The fraction of sp³-hybridized carbons (Fsp3) is 0.667. The van der Waals surface area contributed by atoms with Crippen molar-refractivity contribution in [1.29, 1.82) is 0 Å². The van der Waals surface area contributed by atoms with E-state index >= 15 is 0 Å². The van der Waals surface area contributed by atoms with Crippen molar-refractivity contribution in [2.45, 2.75) is 26.0 Å². The minimum absolute atomic E-state index is 0.179. The van der Waals surface area contributed by atoms with E-state index < -0.39 is 6.10 Å². The molecule has 0 aliphatic heterocycles. The molecule has 1 N–H and O–H groups in total. The lowest BCUT2D eigenvalue weighted by molar-refractivity contribution is 0.125. The van der Waals surface area contributed by atoms with Crippen molar-refractivity contribution in [3.8, 4) is 5.75 Å². The van der Waals surface area contributed by atoms with E-state index in [0.717, 1.165) is 0 Å². The summed E-state index contributed by atoms with van der Waals surface area (Å²) in [5.41, 5.74) is 0. The highest BCUT2D eigenvalue weighted by molar-refractivity contribution is 6.18. The molecule has 0 spiro atoms. The van der Waals surface area contributed by atoms with Crippen LogP contribution in [0, 0.1) is 0 Å². The summed E-state index contributed by atoms with van der Waals surface area (Å²) in [7, 11) is 0. The summed E-state index contributed by atoms with van der Waals surface area (Å²) >= 11 is 5.42. The van der Waals surface area contributed by atoms with Gasteiger partial charge in [0.05, 0.1) is 18.3 Å². The number of alkyl halides is 1. The average molecular weight is 219 g/mol. The van der Waals surface area contributed by atoms with Gasteiger partial charge >= 0.3 is 0 Å². The fourth-order valence-corrected chi connectivity index (χ4v) is 1.00.